The molecule has 1 aliphatic rings. The molecule has 30 heavy (non-hydrogen) atoms. The highest BCUT2D eigenvalue weighted by Crippen LogP contribution is 2.49. The van der Waals surface area contributed by atoms with Crippen molar-refractivity contribution in [3.8, 4) is 16.9 Å². The smallest absolute Gasteiger partial charge is 0.235 e. The predicted molar refractivity (Wildman–Crippen MR) is 122 cm³/mol. The van der Waals surface area contributed by atoms with Crippen LogP contribution in [0, 0.1) is 6.92 Å². The van der Waals surface area contributed by atoms with Crippen molar-refractivity contribution in [2.24, 2.45) is 0 Å². The topological polar surface area (TPSA) is 50.4 Å². The molecule has 0 heterocycles. The fraction of sp³-hybridized carbons (Fsp3) is 0.269. The lowest BCUT2D eigenvalue weighted by Gasteiger charge is -2.17. The van der Waals surface area contributed by atoms with Crippen LogP contribution in [0.3, 0.4) is 0 Å². The van der Waals surface area contributed by atoms with Gasteiger partial charge in [-0.25, -0.2) is 0 Å². The molecule has 0 spiro atoms. The van der Waals surface area contributed by atoms with E-state index in [4.69, 9.17) is 4.74 Å². The highest BCUT2D eigenvalue weighted by atomic mass is 16.5. The first-order valence-corrected chi connectivity index (χ1v) is 10.4. The molecule has 4 heteroatoms. The predicted octanol–water partition coefficient (Wildman–Crippen LogP) is 5.06. The van der Waals surface area contributed by atoms with Gasteiger partial charge in [-0.3, -0.25) is 4.79 Å². The summed E-state index contributed by atoms with van der Waals surface area (Å²) in [6.07, 6.45) is 1.74. The summed E-state index contributed by atoms with van der Waals surface area (Å²) in [5, 5.41) is 6.33. The molecule has 4 rings (SSSR count). The van der Waals surface area contributed by atoms with Crippen molar-refractivity contribution in [3.05, 3.63) is 83.4 Å². The lowest BCUT2D eigenvalue weighted by Crippen LogP contribution is -2.27. The molecule has 2 N–H and O–H groups in total. The molecule has 0 radical (unpaired) electrons. The standard InChI is InChI=1S/C26H28N2O2/c1-18-4-11-22(16-24(18)20-7-5-19(6-8-20)17-27-2)28-25(29)26(14-15-26)21-9-12-23(30-3)13-10-21/h4-13,16,27H,14-15,17H2,1-3H3,(H,28,29). The zero-order valence-corrected chi connectivity index (χ0v) is 17.8. The third-order valence-electron chi connectivity index (χ3n) is 5.97. The Balaban J connectivity index is 1.54. The van der Waals surface area contributed by atoms with Gasteiger partial charge >= 0.3 is 0 Å². The minimum atomic E-state index is -0.424. The Bertz CT molecular complexity index is 1040. The van der Waals surface area contributed by atoms with Gasteiger partial charge in [0.25, 0.3) is 0 Å². The van der Waals surface area contributed by atoms with Crippen LogP contribution in [0.2, 0.25) is 0 Å². The van der Waals surface area contributed by atoms with Gasteiger partial charge in [0.1, 0.15) is 5.75 Å². The van der Waals surface area contributed by atoms with Gasteiger partial charge in [0.05, 0.1) is 12.5 Å². The Morgan fingerprint density at radius 1 is 1.00 bits per heavy atom. The van der Waals surface area contributed by atoms with E-state index in [0.29, 0.717) is 0 Å². The average Bonchev–Trinajstić information content (AvgIpc) is 3.58. The van der Waals surface area contributed by atoms with Gasteiger partial charge < -0.3 is 15.4 Å². The fourth-order valence-corrected chi connectivity index (χ4v) is 3.95. The van der Waals surface area contributed by atoms with E-state index in [0.717, 1.165) is 47.5 Å². The van der Waals surface area contributed by atoms with Crippen LogP contribution in [0.15, 0.2) is 66.7 Å². The fourth-order valence-electron chi connectivity index (χ4n) is 3.95. The molecule has 3 aromatic carbocycles. The molecule has 0 aliphatic heterocycles. The second-order valence-electron chi connectivity index (χ2n) is 8.02. The van der Waals surface area contributed by atoms with Gasteiger partial charge in [-0.2, -0.15) is 0 Å². The lowest BCUT2D eigenvalue weighted by atomic mass is 9.94. The largest absolute Gasteiger partial charge is 0.497 e. The first-order chi connectivity index (χ1) is 14.6. The van der Waals surface area contributed by atoms with E-state index >= 15 is 0 Å². The molecule has 0 saturated heterocycles. The molecule has 0 unspecified atom stereocenters. The molecule has 0 bridgehead atoms. The number of anilines is 1. The third-order valence-corrected chi connectivity index (χ3v) is 5.97. The maximum absolute atomic E-state index is 13.2. The number of rotatable bonds is 7. The van der Waals surface area contributed by atoms with E-state index in [9.17, 15) is 4.79 Å². The van der Waals surface area contributed by atoms with E-state index in [2.05, 4.69) is 54.0 Å². The zero-order valence-electron chi connectivity index (χ0n) is 17.8. The molecular weight excluding hydrogens is 372 g/mol. The van der Waals surface area contributed by atoms with Gasteiger partial charge in [-0.15, -0.1) is 0 Å². The van der Waals surface area contributed by atoms with Gasteiger partial charge in [-0.1, -0.05) is 42.5 Å². The van der Waals surface area contributed by atoms with Crippen molar-refractivity contribution in [3.63, 3.8) is 0 Å². The second kappa shape index (κ2) is 8.33. The van der Waals surface area contributed by atoms with E-state index in [1.807, 2.05) is 37.4 Å². The Labute approximate surface area is 178 Å². The molecule has 1 saturated carbocycles. The number of aryl methyl sites for hydroxylation is 1. The van der Waals surface area contributed by atoms with Gasteiger partial charge in [0.15, 0.2) is 0 Å². The van der Waals surface area contributed by atoms with Crippen LogP contribution in [0.5, 0.6) is 5.75 Å². The normalized spacial score (nSPS) is 14.2. The van der Waals surface area contributed by atoms with E-state index in [1.54, 1.807) is 7.11 Å². The summed E-state index contributed by atoms with van der Waals surface area (Å²) in [6.45, 7) is 2.95. The van der Waals surface area contributed by atoms with Gasteiger partial charge in [0.2, 0.25) is 5.91 Å². The van der Waals surface area contributed by atoms with Crippen LogP contribution in [0.25, 0.3) is 11.1 Å². The molecule has 1 aliphatic carbocycles. The average molecular weight is 401 g/mol. The molecule has 0 atom stereocenters. The molecule has 0 aromatic heterocycles. The first kappa shape index (κ1) is 20.2. The maximum atomic E-state index is 13.2. The van der Waals surface area contributed by atoms with Crippen molar-refractivity contribution >= 4 is 11.6 Å². The van der Waals surface area contributed by atoms with Gasteiger partial charge in [0, 0.05) is 12.2 Å². The molecule has 154 valence electrons. The monoisotopic (exact) mass is 400 g/mol. The van der Waals surface area contributed by atoms with Gasteiger partial charge in [-0.05, 0) is 78.9 Å². The Hall–Kier alpha value is -3.11. The SMILES string of the molecule is CNCc1ccc(-c2cc(NC(=O)C3(c4ccc(OC)cc4)CC3)ccc2C)cc1. The summed E-state index contributed by atoms with van der Waals surface area (Å²) in [5.41, 5.74) is 6.18. The highest BCUT2D eigenvalue weighted by Gasteiger charge is 2.51. The number of carbonyl (C=O) groups is 1. The summed E-state index contributed by atoms with van der Waals surface area (Å²) >= 11 is 0. The zero-order chi connectivity index (χ0) is 21.1. The number of amides is 1. The summed E-state index contributed by atoms with van der Waals surface area (Å²) in [4.78, 5) is 13.2. The summed E-state index contributed by atoms with van der Waals surface area (Å²) in [5.74, 6) is 0.866. The number of benzene rings is 3. The van der Waals surface area contributed by atoms with Crippen LogP contribution < -0.4 is 15.4 Å². The van der Waals surface area contributed by atoms with Crippen molar-refractivity contribution in [1.82, 2.24) is 5.32 Å². The number of hydrogen-bond donors (Lipinski definition) is 2. The molecule has 4 nitrogen and oxygen atoms in total. The molecular formula is C26H28N2O2. The van der Waals surface area contributed by atoms with Crippen LogP contribution in [-0.2, 0) is 16.8 Å². The summed E-state index contributed by atoms with van der Waals surface area (Å²) < 4.78 is 5.24. The van der Waals surface area contributed by atoms with Crippen molar-refractivity contribution in [2.75, 3.05) is 19.5 Å². The third kappa shape index (κ3) is 3.96. The Kier molecular flexibility index (Phi) is 5.60. The van der Waals surface area contributed by atoms with Crippen molar-refractivity contribution in [1.29, 1.82) is 0 Å². The Morgan fingerprint density at radius 3 is 2.30 bits per heavy atom. The number of methoxy groups -OCH3 is 1. The van der Waals surface area contributed by atoms with Crippen LogP contribution in [0.1, 0.15) is 29.5 Å². The van der Waals surface area contributed by atoms with Crippen LogP contribution >= 0.6 is 0 Å². The molecule has 3 aromatic rings. The maximum Gasteiger partial charge on any atom is 0.235 e. The van der Waals surface area contributed by atoms with Crippen LogP contribution in [0.4, 0.5) is 5.69 Å². The van der Waals surface area contributed by atoms with E-state index in [1.165, 1.54) is 11.1 Å². The van der Waals surface area contributed by atoms with Crippen LogP contribution in [-0.4, -0.2) is 20.1 Å². The van der Waals surface area contributed by atoms with E-state index < -0.39 is 5.41 Å². The number of carbonyl (C=O) groups excluding carboxylic acids is 1. The summed E-state index contributed by atoms with van der Waals surface area (Å²) in [6, 6.07) is 22.5. The minimum Gasteiger partial charge on any atom is -0.497 e. The number of hydrogen-bond acceptors (Lipinski definition) is 3. The quantitative estimate of drug-likeness (QED) is 0.583. The van der Waals surface area contributed by atoms with Crippen molar-refractivity contribution < 1.29 is 9.53 Å². The van der Waals surface area contributed by atoms with E-state index in [-0.39, 0.29) is 5.91 Å². The van der Waals surface area contributed by atoms with Crippen molar-refractivity contribution in [2.45, 2.75) is 31.7 Å². The molecule has 1 fully saturated rings. The number of ether oxygens (including phenoxy) is 1. The second-order valence-corrected chi connectivity index (χ2v) is 8.02. The highest BCUT2D eigenvalue weighted by molar-refractivity contribution is 6.01. The molecule has 1 amide bonds. The minimum absolute atomic E-state index is 0.0619. The first-order valence-electron chi connectivity index (χ1n) is 10.4. The lowest BCUT2D eigenvalue weighted by molar-refractivity contribution is -0.118. The number of nitrogens with one attached hydrogen (secondary N) is 2. The Morgan fingerprint density at radius 2 is 1.70 bits per heavy atom. The summed E-state index contributed by atoms with van der Waals surface area (Å²) in [7, 11) is 3.60.